The summed E-state index contributed by atoms with van der Waals surface area (Å²) in [5.74, 6) is 1.14. The summed E-state index contributed by atoms with van der Waals surface area (Å²) in [4.78, 5) is 8.56. The van der Waals surface area contributed by atoms with Crippen LogP contribution in [0.5, 0.6) is 5.88 Å². The number of aliphatic imine (C=N–C) groups is 1. The maximum Gasteiger partial charge on any atom is 0.213 e. The Morgan fingerprint density at radius 3 is 2.85 bits per heavy atom. The second kappa shape index (κ2) is 6.11. The molecule has 1 aromatic heterocycles. The zero-order valence-electron chi connectivity index (χ0n) is 12.5. The summed E-state index contributed by atoms with van der Waals surface area (Å²) in [5.41, 5.74) is 6.82. The zero-order chi connectivity index (χ0) is 14.6. The third-order valence-electron chi connectivity index (χ3n) is 3.07. The molecule has 1 fully saturated rings. The van der Waals surface area contributed by atoms with E-state index in [0.717, 1.165) is 18.4 Å². The minimum atomic E-state index is -0.0790. The number of aromatic nitrogens is 1. The number of pyridine rings is 1. The fourth-order valence-electron chi connectivity index (χ4n) is 1.87. The molecule has 5 nitrogen and oxygen atoms in total. The summed E-state index contributed by atoms with van der Waals surface area (Å²) in [6.45, 7) is 6.67. The van der Waals surface area contributed by atoms with Crippen LogP contribution in [0, 0.1) is 0 Å². The Balaban J connectivity index is 1.91. The molecule has 3 N–H and O–H groups in total. The molecule has 20 heavy (non-hydrogen) atoms. The van der Waals surface area contributed by atoms with Gasteiger partial charge in [0.25, 0.3) is 0 Å². The monoisotopic (exact) mass is 276 g/mol. The summed E-state index contributed by atoms with van der Waals surface area (Å²) in [6, 6.07) is 3.87. The van der Waals surface area contributed by atoms with E-state index in [0.29, 0.717) is 24.5 Å². The lowest BCUT2D eigenvalue weighted by atomic mass is 9.96. The number of hydrogen-bond acceptors (Lipinski definition) is 3. The van der Waals surface area contributed by atoms with Crippen LogP contribution >= 0.6 is 0 Å². The van der Waals surface area contributed by atoms with E-state index in [1.807, 2.05) is 32.9 Å². The highest BCUT2D eigenvalue weighted by Crippen LogP contribution is 2.24. The van der Waals surface area contributed by atoms with Crippen molar-refractivity contribution >= 4 is 5.96 Å². The van der Waals surface area contributed by atoms with E-state index >= 15 is 0 Å². The minimum Gasteiger partial charge on any atom is -0.474 e. The van der Waals surface area contributed by atoms with Crippen molar-refractivity contribution in [3.05, 3.63) is 23.9 Å². The summed E-state index contributed by atoms with van der Waals surface area (Å²) in [6.07, 6.45) is 5.61. The number of hydrogen-bond donors (Lipinski definition) is 2. The van der Waals surface area contributed by atoms with Gasteiger partial charge in [-0.1, -0.05) is 0 Å². The molecule has 0 amide bonds. The molecule has 0 unspecified atom stereocenters. The van der Waals surface area contributed by atoms with Gasteiger partial charge in [-0.2, -0.15) is 0 Å². The van der Waals surface area contributed by atoms with Crippen molar-refractivity contribution in [1.82, 2.24) is 10.3 Å². The molecule has 2 rings (SSSR count). The molecule has 0 radical (unpaired) electrons. The van der Waals surface area contributed by atoms with Crippen LogP contribution in [0.25, 0.3) is 0 Å². The van der Waals surface area contributed by atoms with E-state index in [1.54, 1.807) is 6.20 Å². The number of rotatable bonds is 4. The summed E-state index contributed by atoms with van der Waals surface area (Å²) >= 11 is 0. The van der Waals surface area contributed by atoms with E-state index in [9.17, 15) is 0 Å². The summed E-state index contributed by atoms with van der Waals surface area (Å²) in [5, 5.41) is 3.14. The second-order valence-electron chi connectivity index (χ2n) is 6.25. The lowest BCUT2D eigenvalue weighted by Gasteiger charge is -2.25. The van der Waals surface area contributed by atoms with Gasteiger partial charge in [-0.3, -0.25) is 0 Å². The first-order chi connectivity index (χ1) is 9.42. The van der Waals surface area contributed by atoms with Gasteiger partial charge in [0.2, 0.25) is 5.88 Å². The van der Waals surface area contributed by atoms with Gasteiger partial charge in [0.1, 0.15) is 6.10 Å². The molecule has 0 aliphatic heterocycles. The van der Waals surface area contributed by atoms with Gasteiger partial charge in [-0.05, 0) is 51.7 Å². The van der Waals surface area contributed by atoms with Crippen LogP contribution in [0.2, 0.25) is 0 Å². The van der Waals surface area contributed by atoms with Crippen molar-refractivity contribution in [1.29, 1.82) is 0 Å². The molecule has 1 heterocycles. The van der Waals surface area contributed by atoms with Crippen LogP contribution in [0.3, 0.4) is 0 Å². The normalized spacial score (nSPS) is 16.6. The molecule has 0 saturated heterocycles. The Morgan fingerprint density at radius 2 is 2.25 bits per heavy atom. The first-order valence-corrected chi connectivity index (χ1v) is 7.12. The predicted molar refractivity (Wildman–Crippen MR) is 80.7 cm³/mol. The first-order valence-electron chi connectivity index (χ1n) is 7.12. The number of nitrogens with zero attached hydrogens (tertiary/aromatic N) is 2. The Morgan fingerprint density at radius 1 is 1.50 bits per heavy atom. The molecule has 1 aromatic rings. The third-order valence-corrected chi connectivity index (χ3v) is 3.07. The molecule has 1 saturated carbocycles. The van der Waals surface area contributed by atoms with Gasteiger partial charge in [0.05, 0.1) is 6.54 Å². The number of nitrogens with one attached hydrogen (secondary N) is 1. The minimum absolute atomic E-state index is 0.0790. The summed E-state index contributed by atoms with van der Waals surface area (Å²) in [7, 11) is 0. The SMILES string of the molecule is CC(C)(C)NC(N)=NCc1ccnc(OC2CCC2)c1. The number of guanidine groups is 1. The highest BCUT2D eigenvalue weighted by atomic mass is 16.5. The van der Waals surface area contributed by atoms with Crippen LogP contribution in [-0.4, -0.2) is 22.6 Å². The molecular weight excluding hydrogens is 252 g/mol. The number of nitrogens with two attached hydrogens (primary N) is 1. The van der Waals surface area contributed by atoms with Gasteiger partial charge >= 0.3 is 0 Å². The smallest absolute Gasteiger partial charge is 0.213 e. The topological polar surface area (TPSA) is 72.5 Å². The first kappa shape index (κ1) is 14.6. The second-order valence-corrected chi connectivity index (χ2v) is 6.25. The molecule has 0 atom stereocenters. The van der Waals surface area contributed by atoms with Gasteiger partial charge in [-0.15, -0.1) is 0 Å². The summed E-state index contributed by atoms with van der Waals surface area (Å²) < 4.78 is 5.77. The third kappa shape index (κ3) is 4.72. The van der Waals surface area contributed by atoms with Gasteiger partial charge < -0.3 is 15.8 Å². The van der Waals surface area contributed by atoms with E-state index < -0.39 is 0 Å². The van der Waals surface area contributed by atoms with E-state index in [-0.39, 0.29) is 5.54 Å². The highest BCUT2D eigenvalue weighted by Gasteiger charge is 2.19. The van der Waals surface area contributed by atoms with Crippen LogP contribution in [0.4, 0.5) is 0 Å². The molecule has 5 heteroatoms. The maximum atomic E-state index is 5.85. The van der Waals surface area contributed by atoms with Crippen LogP contribution < -0.4 is 15.8 Å². The molecule has 1 aliphatic rings. The standard InChI is InChI=1S/C15H24N4O/c1-15(2,3)19-14(16)18-10-11-7-8-17-13(9-11)20-12-5-4-6-12/h7-9,12H,4-6,10H2,1-3H3,(H3,16,18,19). The molecule has 110 valence electrons. The highest BCUT2D eigenvalue weighted by molar-refractivity contribution is 5.78. The van der Waals surface area contributed by atoms with Crippen molar-refractivity contribution < 1.29 is 4.74 Å². The Hall–Kier alpha value is -1.78. The molecule has 0 aromatic carbocycles. The average Bonchev–Trinajstić information content (AvgIpc) is 2.30. The fourth-order valence-corrected chi connectivity index (χ4v) is 1.87. The molecular formula is C15H24N4O. The quantitative estimate of drug-likeness (QED) is 0.653. The molecule has 0 bridgehead atoms. The number of ether oxygens (including phenoxy) is 1. The van der Waals surface area contributed by atoms with Crippen molar-refractivity contribution in [2.75, 3.05) is 0 Å². The predicted octanol–water partition coefficient (Wildman–Crippen LogP) is 2.22. The van der Waals surface area contributed by atoms with Crippen molar-refractivity contribution in [3.63, 3.8) is 0 Å². The van der Waals surface area contributed by atoms with Crippen molar-refractivity contribution in [3.8, 4) is 5.88 Å². The van der Waals surface area contributed by atoms with E-state index in [2.05, 4.69) is 15.3 Å². The lowest BCUT2D eigenvalue weighted by molar-refractivity contribution is 0.114. The maximum absolute atomic E-state index is 5.85. The van der Waals surface area contributed by atoms with Gasteiger partial charge in [0, 0.05) is 17.8 Å². The van der Waals surface area contributed by atoms with E-state index in [1.165, 1.54) is 6.42 Å². The van der Waals surface area contributed by atoms with Crippen LogP contribution in [0.1, 0.15) is 45.6 Å². The van der Waals surface area contributed by atoms with Crippen molar-refractivity contribution in [2.24, 2.45) is 10.7 Å². The largest absolute Gasteiger partial charge is 0.474 e. The van der Waals surface area contributed by atoms with Gasteiger partial charge in [0.15, 0.2) is 5.96 Å². The Labute approximate surface area is 120 Å². The fraction of sp³-hybridized carbons (Fsp3) is 0.600. The van der Waals surface area contributed by atoms with Crippen LogP contribution in [-0.2, 0) is 6.54 Å². The van der Waals surface area contributed by atoms with Gasteiger partial charge in [-0.25, -0.2) is 9.98 Å². The molecule has 1 aliphatic carbocycles. The Bertz CT molecular complexity index is 475. The average molecular weight is 276 g/mol. The Kier molecular flexibility index (Phi) is 4.47. The lowest BCUT2D eigenvalue weighted by Crippen LogP contribution is -2.44. The van der Waals surface area contributed by atoms with Crippen LogP contribution in [0.15, 0.2) is 23.3 Å². The van der Waals surface area contributed by atoms with Crippen molar-refractivity contribution in [2.45, 2.75) is 58.2 Å². The van der Waals surface area contributed by atoms with E-state index in [4.69, 9.17) is 10.5 Å². The molecule has 0 spiro atoms. The zero-order valence-corrected chi connectivity index (χ0v) is 12.5.